The first-order valence-corrected chi connectivity index (χ1v) is 12.6. The van der Waals surface area contributed by atoms with Crippen LogP contribution in [0.5, 0.6) is 0 Å². The summed E-state index contributed by atoms with van der Waals surface area (Å²) in [5, 5.41) is 3.28. The minimum Gasteiger partial charge on any atom is -0.352 e. The smallest absolute Gasteiger partial charge is 0.232 e. The average Bonchev–Trinajstić information content (AvgIpc) is 3.28. The Kier molecular flexibility index (Phi) is 4.65. The van der Waals surface area contributed by atoms with Crippen LogP contribution in [0.3, 0.4) is 0 Å². The number of nitrogens with one attached hydrogen (secondary N) is 1. The molecule has 0 bridgehead atoms. The summed E-state index contributed by atoms with van der Waals surface area (Å²) in [5.74, 6) is 0.174. The van der Waals surface area contributed by atoms with Crippen molar-refractivity contribution in [3.05, 3.63) is 65.2 Å². The molecule has 3 aliphatic rings. The quantitative estimate of drug-likeness (QED) is 0.823. The van der Waals surface area contributed by atoms with Gasteiger partial charge in [0.2, 0.25) is 15.9 Å². The Labute approximate surface area is 178 Å². The average molecular weight is 425 g/mol. The van der Waals surface area contributed by atoms with Gasteiger partial charge in [0.25, 0.3) is 0 Å². The molecule has 0 unspecified atom stereocenters. The topological polar surface area (TPSA) is 66.5 Å². The van der Waals surface area contributed by atoms with Gasteiger partial charge in [-0.05, 0) is 61.3 Å². The van der Waals surface area contributed by atoms with Crippen molar-refractivity contribution in [3.63, 3.8) is 0 Å². The zero-order valence-electron chi connectivity index (χ0n) is 17.3. The third-order valence-corrected chi connectivity index (χ3v) is 8.43. The number of anilines is 1. The zero-order valence-corrected chi connectivity index (χ0v) is 18.1. The van der Waals surface area contributed by atoms with E-state index >= 15 is 0 Å². The minimum atomic E-state index is -3.31. The van der Waals surface area contributed by atoms with Gasteiger partial charge < -0.3 is 5.32 Å². The lowest BCUT2D eigenvalue weighted by molar-refractivity contribution is -0.127. The van der Waals surface area contributed by atoms with Gasteiger partial charge in [-0.3, -0.25) is 9.10 Å². The van der Waals surface area contributed by atoms with Crippen LogP contribution < -0.4 is 9.62 Å². The molecule has 0 atom stereocenters. The third kappa shape index (κ3) is 3.31. The monoisotopic (exact) mass is 424 g/mol. The number of carbonyl (C=O) groups is 1. The van der Waals surface area contributed by atoms with Crippen LogP contribution in [0.25, 0.3) is 0 Å². The number of sulfonamides is 1. The van der Waals surface area contributed by atoms with E-state index in [1.807, 2.05) is 18.2 Å². The molecule has 2 aromatic carbocycles. The summed E-state index contributed by atoms with van der Waals surface area (Å²) >= 11 is 0. The Balaban J connectivity index is 1.26. The maximum Gasteiger partial charge on any atom is 0.232 e. The lowest BCUT2D eigenvalue weighted by Gasteiger charge is -2.37. The van der Waals surface area contributed by atoms with Crippen LogP contribution in [-0.4, -0.2) is 33.2 Å². The van der Waals surface area contributed by atoms with Crippen LogP contribution in [0.4, 0.5) is 5.69 Å². The Morgan fingerprint density at radius 1 is 1.00 bits per heavy atom. The summed E-state index contributed by atoms with van der Waals surface area (Å²) in [6.07, 6.45) is 6.40. The number of fused-ring (bicyclic) bond motifs is 3. The summed E-state index contributed by atoms with van der Waals surface area (Å²) in [4.78, 5) is 13.0. The van der Waals surface area contributed by atoms with Gasteiger partial charge in [-0.2, -0.15) is 0 Å². The summed E-state index contributed by atoms with van der Waals surface area (Å²) < 4.78 is 26.2. The Bertz CT molecular complexity index is 1060. The van der Waals surface area contributed by atoms with Gasteiger partial charge >= 0.3 is 0 Å². The number of amides is 1. The van der Waals surface area contributed by atoms with E-state index in [-0.39, 0.29) is 23.3 Å². The van der Waals surface area contributed by atoms with Crippen LogP contribution in [0.1, 0.15) is 42.4 Å². The molecule has 1 aliphatic heterocycles. The molecule has 0 radical (unpaired) electrons. The lowest BCUT2D eigenvalue weighted by Crippen LogP contribution is -2.44. The van der Waals surface area contributed by atoms with E-state index in [0.29, 0.717) is 6.54 Å². The highest BCUT2D eigenvalue weighted by atomic mass is 32.2. The van der Waals surface area contributed by atoms with E-state index in [4.69, 9.17) is 0 Å². The zero-order chi connectivity index (χ0) is 20.9. The first-order valence-electron chi connectivity index (χ1n) is 10.8. The summed E-state index contributed by atoms with van der Waals surface area (Å²) in [6, 6.07) is 16.5. The second-order valence-electron chi connectivity index (χ2n) is 9.22. The minimum absolute atomic E-state index is 0.0128. The highest BCUT2D eigenvalue weighted by Gasteiger charge is 2.48. The lowest BCUT2D eigenvalue weighted by atomic mass is 9.67. The van der Waals surface area contributed by atoms with Crippen molar-refractivity contribution in [1.29, 1.82) is 0 Å². The summed E-state index contributed by atoms with van der Waals surface area (Å²) in [5.41, 5.74) is 4.45. The van der Waals surface area contributed by atoms with Gasteiger partial charge in [0.05, 0.1) is 11.9 Å². The van der Waals surface area contributed by atoms with Gasteiger partial charge in [0, 0.05) is 23.9 Å². The van der Waals surface area contributed by atoms with Crippen LogP contribution in [0.15, 0.2) is 48.5 Å². The first kappa shape index (κ1) is 19.6. The first-order chi connectivity index (χ1) is 14.4. The second-order valence-corrected chi connectivity index (χ2v) is 11.1. The number of benzene rings is 2. The standard InChI is InChI=1S/C24H28N2O3S/c1-30(28,29)26-16-24(21-8-4-5-9-22(21)26)12-10-17(11-13-24)23(27)25-20-14-18-6-2-3-7-19(18)15-20/h2-9,17,20H,10-16H2,1H3,(H,25,27). The van der Waals surface area contributed by atoms with E-state index in [1.165, 1.54) is 17.4 Å². The van der Waals surface area contributed by atoms with Gasteiger partial charge in [0.1, 0.15) is 0 Å². The molecule has 1 heterocycles. The van der Waals surface area contributed by atoms with E-state index in [2.05, 4.69) is 35.6 Å². The molecule has 1 fully saturated rings. The highest BCUT2D eigenvalue weighted by Crippen LogP contribution is 2.50. The molecular weight excluding hydrogens is 396 g/mol. The maximum absolute atomic E-state index is 13.0. The van der Waals surface area contributed by atoms with Gasteiger partial charge in [-0.1, -0.05) is 42.5 Å². The number of rotatable bonds is 3. The van der Waals surface area contributed by atoms with Crippen LogP contribution in [0.2, 0.25) is 0 Å². The third-order valence-electron chi connectivity index (χ3n) is 7.30. The fraction of sp³-hybridized carbons (Fsp3) is 0.458. The van der Waals surface area contributed by atoms with Crippen molar-refractivity contribution in [1.82, 2.24) is 5.32 Å². The van der Waals surface area contributed by atoms with Gasteiger partial charge in [-0.25, -0.2) is 8.42 Å². The Morgan fingerprint density at radius 2 is 1.60 bits per heavy atom. The second kappa shape index (κ2) is 7.12. The molecule has 5 nitrogen and oxygen atoms in total. The predicted octanol–water partition coefficient (Wildman–Crippen LogP) is 3.18. The van der Waals surface area contributed by atoms with Gasteiger partial charge in [-0.15, -0.1) is 0 Å². The van der Waals surface area contributed by atoms with Crippen LogP contribution in [-0.2, 0) is 33.1 Å². The van der Waals surface area contributed by atoms with Crippen molar-refractivity contribution in [3.8, 4) is 0 Å². The highest BCUT2D eigenvalue weighted by molar-refractivity contribution is 7.92. The number of hydrogen-bond acceptors (Lipinski definition) is 3. The molecule has 1 amide bonds. The van der Waals surface area contributed by atoms with Crippen molar-refractivity contribution in [2.75, 3.05) is 17.1 Å². The Hall–Kier alpha value is -2.34. The molecular formula is C24H28N2O3S. The van der Waals surface area contributed by atoms with Crippen LogP contribution in [0, 0.1) is 5.92 Å². The summed E-state index contributed by atoms with van der Waals surface area (Å²) in [6.45, 7) is 0.497. The molecule has 30 heavy (non-hydrogen) atoms. The van der Waals surface area contributed by atoms with Crippen molar-refractivity contribution in [2.45, 2.75) is 50.0 Å². The molecule has 0 saturated heterocycles. The number of hydrogen-bond donors (Lipinski definition) is 1. The molecule has 5 rings (SSSR count). The van der Waals surface area contributed by atoms with Crippen molar-refractivity contribution >= 4 is 21.6 Å². The molecule has 1 N–H and O–H groups in total. The molecule has 1 spiro atoms. The van der Waals surface area contributed by atoms with Gasteiger partial charge in [0.15, 0.2) is 0 Å². The Morgan fingerprint density at radius 3 is 2.23 bits per heavy atom. The number of carbonyl (C=O) groups excluding carboxylic acids is 1. The van der Waals surface area contributed by atoms with Crippen molar-refractivity contribution in [2.24, 2.45) is 5.92 Å². The van der Waals surface area contributed by atoms with Crippen LogP contribution >= 0.6 is 0 Å². The molecule has 1 saturated carbocycles. The normalized spacial score (nSPS) is 25.9. The van der Waals surface area contributed by atoms with E-state index in [0.717, 1.165) is 49.8 Å². The molecule has 6 heteroatoms. The molecule has 0 aromatic heterocycles. The maximum atomic E-state index is 13.0. The predicted molar refractivity (Wildman–Crippen MR) is 118 cm³/mol. The summed E-state index contributed by atoms with van der Waals surface area (Å²) in [7, 11) is -3.31. The fourth-order valence-electron chi connectivity index (χ4n) is 5.72. The van der Waals surface area contributed by atoms with E-state index in [1.54, 1.807) is 4.31 Å². The van der Waals surface area contributed by atoms with E-state index in [9.17, 15) is 13.2 Å². The SMILES string of the molecule is CS(=O)(=O)N1CC2(CCC(C(=O)NC3Cc4ccccc4C3)CC2)c2ccccc21. The number of nitrogens with zero attached hydrogens (tertiary/aromatic N) is 1. The molecule has 2 aliphatic carbocycles. The fourth-order valence-corrected chi connectivity index (χ4v) is 6.72. The largest absolute Gasteiger partial charge is 0.352 e. The van der Waals surface area contributed by atoms with E-state index < -0.39 is 10.0 Å². The van der Waals surface area contributed by atoms with Crippen molar-refractivity contribution < 1.29 is 13.2 Å². The molecule has 158 valence electrons. The molecule has 2 aromatic rings. The number of para-hydroxylation sites is 1.